The summed E-state index contributed by atoms with van der Waals surface area (Å²) in [6.07, 6.45) is 0. The van der Waals surface area contributed by atoms with Crippen molar-refractivity contribution in [2.75, 3.05) is 31.6 Å². The Kier molecular flexibility index (Phi) is 10.2. The summed E-state index contributed by atoms with van der Waals surface area (Å²) >= 11 is 6.19. The Morgan fingerprint density at radius 3 is 2.08 bits per heavy atom. The molecule has 11 heteroatoms. The molecule has 2 amide bonds. The van der Waals surface area contributed by atoms with Crippen LogP contribution >= 0.6 is 11.6 Å². The summed E-state index contributed by atoms with van der Waals surface area (Å²) in [5.41, 5.74) is 0.953. The van der Waals surface area contributed by atoms with E-state index in [-0.39, 0.29) is 23.0 Å². The van der Waals surface area contributed by atoms with Crippen molar-refractivity contribution >= 4 is 39.1 Å². The minimum atomic E-state index is -4.21. The number of methoxy groups -OCH3 is 2. The fourth-order valence-corrected chi connectivity index (χ4v) is 5.46. The lowest BCUT2D eigenvalue weighted by Crippen LogP contribution is -2.51. The van der Waals surface area contributed by atoms with E-state index in [1.54, 1.807) is 63.4 Å². The number of rotatable bonds is 12. The lowest BCUT2D eigenvalue weighted by Gasteiger charge is -2.32. The Labute approximate surface area is 234 Å². The van der Waals surface area contributed by atoms with Crippen LogP contribution in [0.4, 0.5) is 5.69 Å². The molecule has 0 radical (unpaired) electrons. The molecular formula is C28H32ClN3O6S. The van der Waals surface area contributed by atoms with Crippen LogP contribution in [0, 0.1) is 0 Å². The molecule has 1 N–H and O–H groups in total. The summed E-state index contributed by atoms with van der Waals surface area (Å²) in [6.45, 7) is 3.28. The molecule has 9 nitrogen and oxygen atoms in total. The van der Waals surface area contributed by atoms with E-state index in [0.29, 0.717) is 23.1 Å². The van der Waals surface area contributed by atoms with E-state index in [0.717, 1.165) is 9.87 Å². The smallest absolute Gasteiger partial charge is 0.264 e. The number of nitrogens with one attached hydrogen (secondary N) is 1. The fourth-order valence-electron chi connectivity index (χ4n) is 3.87. The maximum absolute atomic E-state index is 13.8. The second-order valence-electron chi connectivity index (χ2n) is 8.61. The van der Waals surface area contributed by atoms with E-state index in [9.17, 15) is 18.0 Å². The zero-order chi connectivity index (χ0) is 28.6. The molecule has 0 spiro atoms. The van der Waals surface area contributed by atoms with Crippen molar-refractivity contribution in [3.8, 4) is 11.5 Å². The zero-order valence-corrected chi connectivity index (χ0v) is 23.8. The van der Waals surface area contributed by atoms with Gasteiger partial charge in [0.25, 0.3) is 10.0 Å². The van der Waals surface area contributed by atoms with Crippen LogP contribution in [0.15, 0.2) is 77.7 Å². The molecule has 3 aromatic rings. The molecule has 39 heavy (non-hydrogen) atoms. The highest BCUT2D eigenvalue weighted by molar-refractivity contribution is 7.92. The number of halogens is 1. The van der Waals surface area contributed by atoms with Gasteiger partial charge in [0.05, 0.1) is 24.8 Å². The second kappa shape index (κ2) is 13.3. The van der Waals surface area contributed by atoms with E-state index < -0.39 is 28.5 Å². The Morgan fingerprint density at radius 2 is 1.54 bits per heavy atom. The number of ether oxygens (including phenoxy) is 2. The number of benzene rings is 3. The summed E-state index contributed by atoms with van der Waals surface area (Å²) in [7, 11) is -1.18. The van der Waals surface area contributed by atoms with E-state index in [1.807, 2.05) is 0 Å². The molecule has 1 unspecified atom stereocenters. The van der Waals surface area contributed by atoms with Gasteiger partial charge in [-0.1, -0.05) is 29.8 Å². The third kappa shape index (κ3) is 7.42. The van der Waals surface area contributed by atoms with Gasteiger partial charge in [-0.25, -0.2) is 8.42 Å². The zero-order valence-electron chi connectivity index (χ0n) is 22.3. The van der Waals surface area contributed by atoms with E-state index in [2.05, 4.69) is 5.32 Å². The average Bonchev–Trinajstić information content (AvgIpc) is 2.94. The van der Waals surface area contributed by atoms with Gasteiger partial charge in [-0.3, -0.25) is 13.9 Å². The van der Waals surface area contributed by atoms with Gasteiger partial charge in [0, 0.05) is 18.1 Å². The standard InChI is InChI=1S/C28H32ClN3O6S/c1-5-30-28(34)20(2)31(18-21-9-11-24(37-3)12-10-21)27(33)19-32(23-8-6-7-22(29)17-23)39(35,36)26-15-13-25(38-4)14-16-26/h6-17,20H,5,18-19H2,1-4H3,(H,30,34). The van der Waals surface area contributed by atoms with Crippen LogP contribution in [0.5, 0.6) is 11.5 Å². The van der Waals surface area contributed by atoms with E-state index >= 15 is 0 Å². The van der Waals surface area contributed by atoms with E-state index in [4.69, 9.17) is 21.1 Å². The number of carbonyl (C=O) groups excluding carboxylic acids is 2. The molecule has 0 heterocycles. The second-order valence-corrected chi connectivity index (χ2v) is 10.9. The molecule has 0 fully saturated rings. The third-order valence-corrected chi connectivity index (χ3v) is 8.08. The van der Waals surface area contributed by atoms with Gasteiger partial charge in [-0.05, 0) is 74.0 Å². The number of carbonyl (C=O) groups is 2. The molecule has 0 saturated carbocycles. The summed E-state index contributed by atoms with van der Waals surface area (Å²) < 4.78 is 39.0. The molecule has 0 aliphatic heterocycles. The summed E-state index contributed by atoms with van der Waals surface area (Å²) in [5.74, 6) is 0.209. The minimum absolute atomic E-state index is 0.0328. The van der Waals surface area contributed by atoms with Gasteiger partial charge in [-0.15, -0.1) is 0 Å². The van der Waals surface area contributed by atoms with Gasteiger partial charge < -0.3 is 19.7 Å². The molecule has 0 bridgehead atoms. The summed E-state index contributed by atoms with van der Waals surface area (Å²) in [5, 5.41) is 3.04. The number of nitrogens with zero attached hydrogens (tertiary/aromatic N) is 2. The lowest BCUT2D eigenvalue weighted by molar-refractivity contribution is -0.139. The average molecular weight is 574 g/mol. The van der Waals surface area contributed by atoms with Gasteiger partial charge in [-0.2, -0.15) is 0 Å². The Balaban J connectivity index is 2.02. The Morgan fingerprint density at radius 1 is 0.949 bits per heavy atom. The van der Waals surface area contributed by atoms with Crippen molar-refractivity contribution in [3.05, 3.63) is 83.4 Å². The van der Waals surface area contributed by atoms with Crippen molar-refractivity contribution in [2.45, 2.75) is 31.3 Å². The maximum atomic E-state index is 13.8. The fraction of sp³-hybridized carbons (Fsp3) is 0.286. The van der Waals surface area contributed by atoms with Crippen molar-refractivity contribution in [1.82, 2.24) is 10.2 Å². The molecule has 3 rings (SSSR count). The maximum Gasteiger partial charge on any atom is 0.264 e. The minimum Gasteiger partial charge on any atom is -0.497 e. The predicted molar refractivity (Wildman–Crippen MR) is 151 cm³/mol. The number of hydrogen-bond acceptors (Lipinski definition) is 6. The van der Waals surface area contributed by atoms with Crippen LogP contribution in [0.3, 0.4) is 0 Å². The van der Waals surface area contributed by atoms with Gasteiger partial charge in [0.1, 0.15) is 24.1 Å². The number of hydrogen-bond donors (Lipinski definition) is 1. The highest BCUT2D eigenvalue weighted by Gasteiger charge is 2.32. The molecule has 3 aromatic carbocycles. The highest BCUT2D eigenvalue weighted by atomic mass is 35.5. The third-order valence-electron chi connectivity index (χ3n) is 6.05. The first-order chi connectivity index (χ1) is 18.6. The van der Waals surface area contributed by atoms with Crippen LogP contribution in [0.1, 0.15) is 19.4 Å². The Hall–Kier alpha value is -3.76. The monoisotopic (exact) mass is 573 g/mol. The first-order valence-electron chi connectivity index (χ1n) is 12.2. The summed E-state index contributed by atoms with van der Waals surface area (Å²) in [6, 6.07) is 18.3. The van der Waals surface area contributed by atoms with Gasteiger partial charge in [0.15, 0.2) is 0 Å². The normalized spacial score (nSPS) is 11.8. The van der Waals surface area contributed by atoms with Gasteiger partial charge in [0.2, 0.25) is 11.8 Å². The van der Waals surface area contributed by atoms with Gasteiger partial charge >= 0.3 is 0 Å². The molecule has 0 saturated heterocycles. The van der Waals surface area contributed by atoms with E-state index in [1.165, 1.54) is 42.3 Å². The van der Waals surface area contributed by atoms with Crippen LogP contribution in [0.25, 0.3) is 0 Å². The lowest BCUT2D eigenvalue weighted by atomic mass is 10.1. The highest BCUT2D eigenvalue weighted by Crippen LogP contribution is 2.28. The molecule has 208 valence electrons. The number of anilines is 1. The quantitative estimate of drug-likeness (QED) is 0.350. The molecule has 0 aliphatic rings. The predicted octanol–water partition coefficient (Wildman–Crippen LogP) is 4.11. The number of amides is 2. The van der Waals surface area contributed by atoms with Crippen LogP contribution in [0.2, 0.25) is 5.02 Å². The largest absolute Gasteiger partial charge is 0.497 e. The van der Waals surface area contributed by atoms with Crippen molar-refractivity contribution < 1.29 is 27.5 Å². The molecular weight excluding hydrogens is 542 g/mol. The summed E-state index contributed by atoms with van der Waals surface area (Å²) in [4.78, 5) is 27.9. The molecule has 0 aliphatic carbocycles. The molecule has 1 atom stereocenters. The van der Waals surface area contributed by atoms with Crippen LogP contribution < -0.4 is 19.1 Å². The first kappa shape index (κ1) is 29.8. The van der Waals surface area contributed by atoms with Crippen molar-refractivity contribution in [3.63, 3.8) is 0 Å². The molecule has 0 aromatic heterocycles. The number of likely N-dealkylation sites (N-methyl/N-ethyl adjacent to an activating group) is 1. The van der Waals surface area contributed by atoms with Crippen molar-refractivity contribution in [1.29, 1.82) is 0 Å². The van der Waals surface area contributed by atoms with Crippen LogP contribution in [-0.4, -0.2) is 58.5 Å². The van der Waals surface area contributed by atoms with Crippen LogP contribution in [-0.2, 0) is 26.2 Å². The Bertz CT molecular complexity index is 1380. The van der Waals surface area contributed by atoms with Crippen molar-refractivity contribution in [2.24, 2.45) is 0 Å². The topological polar surface area (TPSA) is 105 Å². The number of sulfonamides is 1. The first-order valence-corrected chi connectivity index (χ1v) is 14.0. The SMILES string of the molecule is CCNC(=O)C(C)N(Cc1ccc(OC)cc1)C(=O)CN(c1cccc(Cl)c1)S(=O)(=O)c1ccc(OC)cc1.